The molecule has 21 heavy (non-hydrogen) atoms. The summed E-state index contributed by atoms with van der Waals surface area (Å²) in [4.78, 5) is 17.6. The van der Waals surface area contributed by atoms with E-state index in [0.717, 1.165) is 5.56 Å². The molecule has 0 aliphatic rings. The van der Waals surface area contributed by atoms with Gasteiger partial charge in [-0.2, -0.15) is 4.98 Å². The summed E-state index contributed by atoms with van der Waals surface area (Å²) in [5.41, 5.74) is 1.13. The Bertz CT molecular complexity index is 580. The predicted octanol–water partition coefficient (Wildman–Crippen LogP) is 1.23. The lowest BCUT2D eigenvalue weighted by Gasteiger charge is -2.16. The van der Waals surface area contributed by atoms with Crippen LogP contribution in [0.2, 0.25) is 0 Å². The third-order valence-corrected chi connectivity index (χ3v) is 3.09. The van der Waals surface area contributed by atoms with E-state index in [-0.39, 0.29) is 11.9 Å². The molecule has 6 heteroatoms. The van der Waals surface area contributed by atoms with Crippen molar-refractivity contribution in [2.45, 2.75) is 25.9 Å². The quantitative estimate of drug-likeness (QED) is 0.865. The summed E-state index contributed by atoms with van der Waals surface area (Å²) < 4.78 is 5.18. The van der Waals surface area contributed by atoms with E-state index in [1.54, 1.807) is 19.0 Å². The predicted molar refractivity (Wildman–Crippen MR) is 78.5 cm³/mol. The van der Waals surface area contributed by atoms with Crippen molar-refractivity contribution in [2.24, 2.45) is 0 Å². The Labute approximate surface area is 124 Å². The number of likely N-dealkylation sites (N-methyl/N-ethyl adjacent to an activating group) is 1. The van der Waals surface area contributed by atoms with Gasteiger partial charge in [0, 0.05) is 20.5 Å². The number of hydrogen-bond donors (Lipinski definition) is 1. The molecule has 1 amide bonds. The first-order valence-corrected chi connectivity index (χ1v) is 6.86. The van der Waals surface area contributed by atoms with Gasteiger partial charge in [-0.1, -0.05) is 35.5 Å². The molecular formula is C15H20N4O2. The summed E-state index contributed by atoms with van der Waals surface area (Å²) in [6.07, 6.45) is 0.635. The number of rotatable bonds is 6. The normalized spacial score (nSPS) is 12.1. The van der Waals surface area contributed by atoms with E-state index in [9.17, 15) is 4.79 Å². The highest BCUT2D eigenvalue weighted by Gasteiger charge is 2.15. The summed E-state index contributed by atoms with van der Waals surface area (Å²) in [5, 5.41) is 7.02. The van der Waals surface area contributed by atoms with E-state index in [1.807, 2.05) is 37.3 Å². The molecule has 1 aromatic heterocycles. The second-order valence-electron chi connectivity index (χ2n) is 5.10. The lowest BCUT2D eigenvalue weighted by atomic mass is 10.1. The van der Waals surface area contributed by atoms with Crippen LogP contribution in [0, 0.1) is 0 Å². The molecular weight excluding hydrogens is 268 g/mol. The van der Waals surface area contributed by atoms with Crippen LogP contribution in [0.5, 0.6) is 0 Å². The molecule has 1 heterocycles. The molecule has 0 aliphatic heterocycles. The average molecular weight is 288 g/mol. The van der Waals surface area contributed by atoms with Crippen molar-refractivity contribution < 1.29 is 9.32 Å². The van der Waals surface area contributed by atoms with Gasteiger partial charge in [0.1, 0.15) is 0 Å². The van der Waals surface area contributed by atoms with Crippen LogP contribution in [0.25, 0.3) is 0 Å². The van der Waals surface area contributed by atoms with Crippen LogP contribution < -0.4 is 5.32 Å². The van der Waals surface area contributed by atoms with Gasteiger partial charge in [0.25, 0.3) is 0 Å². The Hall–Kier alpha value is -2.21. The van der Waals surface area contributed by atoms with Crippen LogP contribution in [0.4, 0.5) is 0 Å². The molecule has 0 fully saturated rings. The highest BCUT2D eigenvalue weighted by molar-refractivity contribution is 5.80. The number of hydrogen-bond acceptors (Lipinski definition) is 5. The van der Waals surface area contributed by atoms with Gasteiger partial charge in [0.05, 0.1) is 12.6 Å². The van der Waals surface area contributed by atoms with E-state index < -0.39 is 0 Å². The summed E-state index contributed by atoms with van der Waals surface area (Å²) in [7, 11) is 3.45. The summed E-state index contributed by atoms with van der Waals surface area (Å²) in [6.45, 7) is 2.19. The minimum Gasteiger partial charge on any atom is -0.347 e. The lowest BCUT2D eigenvalue weighted by Crippen LogP contribution is -2.41. The van der Waals surface area contributed by atoms with Gasteiger partial charge in [-0.3, -0.25) is 10.1 Å². The van der Waals surface area contributed by atoms with E-state index >= 15 is 0 Å². The van der Waals surface area contributed by atoms with Crippen molar-refractivity contribution >= 4 is 5.91 Å². The van der Waals surface area contributed by atoms with Crippen molar-refractivity contribution in [3.05, 3.63) is 47.6 Å². The molecule has 1 atom stereocenters. The molecule has 2 rings (SSSR count). The second-order valence-corrected chi connectivity index (χ2v) is 5.10. The number of nitrogens with zero attached hydrogens (tertiary/aromatic N) is 3. The molecule has 112 valence electrons. The maximum Gasteiger partial charge on any atom is 0.240 e. The first-order chi connectivity index (χ1) is 10.1. The zero-order valence-corrected chi connectivity index (χ0v) is 12.5. The van der Waals surface area contributed by atoms with Gasteiger partial charge in [-0.15, -0.1) is 0 Å². The molecule has 0 saturated heterocycles. The number of carbonyl (C=O) groups is 1. The van der Waals surface area contributed by atoms with Crippen LogP contribution in [0.1, 0.15) is 24.2 Å². The molecule has 0 spiro atoms. The van der Waals surface area contributed by atoms with E-state index in [1.165, 1.54) is 0 Å². The number of nitrogens with one attached hydrogen (secondary N) is 1. The maximum absolute atomic E-state index is 11.7. The van der Waals surface area contributed by atoms with Crippen molar-refractivity contribution in [2.75, 3.05) is 14.1 Å². The fourth-order valence-electron chi connectivity index (χ4n) is 1.93. The average Bonchev–Trinajstić information content (AvgIpc) is 2.92. The third-order valence-electron chi connectivity index (χ3n) is 3.09. The van der Waals surface area contributed by atoms with Crippen LogP contribution in [0.15, 0.2) is 34.9 Å². The molecule has 6 nitrogen and oxygen atoms in total. The molecule has 0 saturated carbocycles. The Balaban J connectivity index is 1.87. The minimum absolute atomic E-state index is 0.0130. The lowest BCUT2D eigenvalue weighted by molar-refractivity contribution is -0.130. The molecule has 1 aromatic carbocycles. The molecule has 0 radical (unpaired) electrons. The number of amides is 1. The zero-order valence-electron chi connectivity index (χ0n) is 12.5. The number of aromatic nitrogens is 2. The van der Waals surface area contributed by atoms with Crippen molar-refractivity contribution in [1.82, 2.24) is 20.4 Å². The summed E-state index contributed by atoms with van der Waals surface area (Å²) >= 11 is 0. The van der Waals surface area contributed by atoms with E-state index in [0.29, 0.717) is 24.7 Å². The maximum atomic E-state index is 11.7. The Morgan fingerprint density at radius 3 is 2.71 bits per heavy atom. The van der Waals surface area contributed by atoms with E-state index in [4.69, 9.17) is 4.52 Å². The first kappa shape index (κ1) is 15.2. The highest BCUT2D eigenvalue weighted by Crippen LogP contribution is 2.06. The van der Waals surface area contributed by atoms with Gasteiger partial charge in [0.2, 0.25) is 11.8 Å². The van der Waals surface area contributed by atoms with Gasteiger partial charge in [-0.25, -0.2) is 0 Å². The smallest absolute Gasteiger partial charge is 0.240 e. The van der Waals surface area contributed by atoms with E-state index in [2.05, 4.69) is 15.5 Å². The first-order valence-electron chi connectivity index (χ1n) is 6.86. The number of benzene rings is 1. The zero-order chi connectivity index (χ0) is 15.2. The van der Waals surface area contributed by atoms with Crippen LogP contribution in [0.3, 0.4) is 0 Å². The second kappa shape index (κ2) is 6.99. The van der Waals surface area contributed by atoms with Crippen LogP contribution >= 0.6 is 0 Å². The van der Waals surface area contributed by atoms with Crippen molar-refractivity contribution in [3.8, 4) is 0 Å². The standard InChI is InChI=1S/C15H20N4O2/c1-11(15(20)19(2)3)16-10-14-17-13(18-21-14)9-12-7-5-4-6-8-12/h4-8,11,16H,9-10H2,1-3H3. The Kier molecular flexibility index (Phi) is 5.05. The Morgan fingerprint density at radius 2 is 2.05 bits per heavy atom. The van der Waals surface area contributed by atoms with Gasteiger partial charge in [-0.05, 0) is 12.5 Å². The molecule has 1 unspecified atom stereocenters. The molecule has 0 bridgehead atoms. The van der Waals surface area contributed by atoms with Gasteiger partial charge < -0.3 is 9.42 Å². The fraction of sp³-hybridized carbons (Fsp3) is 0.400. The molecule has 1 N–H and O–H groups in total. The van der Waals surface area contributed by atoms with Gasteiger partial charge >= 0.3 is 0 Å². The number of carbonyl (C=O) groups excluding carboxylic acids is 1. The van der Waals surface area contributed by atoms with Crippen molar-refractivity contribution in [3.63, 3.8) is 0 Å². The van der Waals surface area contributed by atoms with Crippen molar-refractivity contribution in [1.29, 1.82) is 0 Å². The molecule has 2 aromatic rings. The topological polar surface area (TPSA) is 71.3 Å². The van der Waals surface area contributed by atoms with Crippen LogP contribution in [-0.2, 0) is 17.8 Å². The highest BCUT2D eigenvalue weighted by atomic mass is 16.5. The minimum atomic E-state index is -0.288. The van der Waals surface area contributed by atoms with Crippen LogP contribution in [-0.4, -0.2) is 41.1 Å². The summed E-state index contributed by atoms with van der Waals surface area (Å²) in [5.74, 6) is 1.14. The largest absolute Gasteiger partial charge is 0.347 e. The van der Waals surface area contributed by atoms with Gasteiger partial charge in [0.15, 0.2) is 5.82 Å². The third kappa shape index (κ3) is 4.39. The fourth-order valence-corrected chi connectivity index (χ4v) is 1.93. The Morgan fingerprint density at radius 1 is 1.33 bits per heavy atom. The monoisotopic (exact) mass is 288 g/mol. The molecule has 0 aliphatic carbocycles. The summed E-state index contributed by atoms with van der Waals surface area (Å²) in [6, 6.07) is 9.68. The SMILES string of the molecule is CC(NCc1nc(Cc2ccccc2)no1)C(=O)N(C)C.